The lowest BCUT2D eigenvalue weighted by Gasteiger charge is -2.34. The topological polar surface area (TPSA) is 85.2 Å². The van der Waals surface area contributed by atoms with Crippen molar-refractivity contribution in [1.29, 1.82) is 5.26 Å². The molecule has 1 saturated heterocycles. The van der Waals surface area contributed by atoms with Gasteiger partial charge in [-0.2, -0.15) is 5.26 Å². The highest BCUT2D eigenvalue weighted by Gasteiger charge is 2.34. The first-order chi connectivity index (χ1) is 13.1. The number of carbonyl (C=O) groups is 2. The lowest BCUT2D eigenvalue weighted by molar-refractivity contribution is -0.126. The standard InChI is InChI=1S/C21H28N4O2/c22-16-21(11-5-2-6-12-21)24-19(26)15-25-13-7-8-17(14-25)20(27)23-18-9-3-1-4-10-18/h1,3-4,9-10,17H,2,5-8,11-15H2,(H,23,27)(H,24,26). The number of piperidine rings is 1. The van der Waals surface area contributed by atoms with E-state index in [2.05, 4.69) is 16.7 Å². The van der Waals surface area contributed by atoms with Crippen LogP contribution in [0.1, 0.15) is 44.9 Å². The second kappa shape index (κ2) is 9.01. The Kier molecular flexibility index (Phi) is 6.46. The lowest BCUT2D eigenvalue weighted by atomic mass is 9.83. The van der Waals surface area contributed by atoms with Gasteiger partial charge in [0.25, 0.3) is 0 Å². The maximum atomic E-state index is 12.5. The first-order valence-electron chi connectivity index (χ1n) is 9.91. The largest absolute Gasteiger partial charge is 0.337 e. The number of para-hydroxylation sites is 1. The fourth-order valence-electron chi connectivity index (χ4n) is 4.11. The van der Waals surface area contributed by atoms with Crippen LogP contribution in [0.5, 0.6) is 0 Å². The van der Waals surface area contributed by atoms with E-state index < -0.39 is 5.54 Å². The van der Waals surface area contributed by atoms with E-state index in [1.807, 2.05) is 35.2 Å². The van der Waals surface area contributed by atoms with Crippen molar-refractivity contribution in [1.82, 2.24) is 10.2 Å². The Hall–Kier alpha value is -2.39. The third kappa shape index (κ3) is 5.30. The molecular weight excluding hydrogens is 340 g/mol. The molecule has 0 bridgehead atoms. The van der Waals surface area contributed by atoms with E-state index >= 15 is 0 Å². The van der Waals surface area contributed by atoms with Gasteiger partial charge in [-0.15, -0.1) is 0 Å². The first kappa shape index (κ1) is 19.4. The van der Waals surface area contributed by atoms with Crippen LogP contribution in [0.2, 0.25) is 0 Å². The summed E-state index contributed by atoms with van der Waals surface area (Å²) in [7, 11) is 0. The van der Waals surface area contributed by atoms with Crippen molar-refractivity contribution in [3.05, 3.63) is 30.3 Å². The number of nitrogens with one attached hydrogen (secondary N) is 2. The van der Waals surface area contributed by atoms with Gasteiger partial charge in [-0.1, -0.05) is 37.5 Å². The Morgan fingerprint density at radius 2 is 1.89 bits per heavy atom. The van der Waals surface area contributed by atoms with E-state index in [-0.39, 0.29) is 24.3 Å². The van der Waals surface area contributed by atoms with Crippen LogP contribution >= 0.6 is 0 Å². The molecule has 144 valence electrons. The fraction of sp³-hybridized carbons (Fsp3) is 0.571. The average Bonchev–Trinajstić information content (AvgIpc) is 2.69. The molecule has 27 heavy (non-hydrogen) atoms. The van der Waals surface area contributed by atoms with Gasteiger partial charge in [0.1, 0.15) is 5.54 Å². The average molecular weight is 368 g/mol. The second-order valence-electron chi connectivity index (χ2n) is 7.73. The maximum absolute atomic E-state index is 12.5. The molecule has 1 aliphatic heterocycles. The van der Waals surface area contributed by atoms with Crippen molar-refractivity contribution >= 4 is 17.5 Å². The summed E-state index contributed by atoms with van der Waals surface area (Å²) >= 11 is 0. The van der Waals surface area contributed by atoms with Gasteiger partial charge in [0.15, 0.2) is 0 Å². The van der Waals surface area contributed by atoms with Gasteiger partial charge in [-0.25, -0.2) is 0 Å². The molecule has 0 radical (unpaired) electrons. The van der Waals surface area contributed by atoms with E-state index in [0.29, 0.717) is 6.54 Å². The minimum atomic E-state index is -0.699. The zero-order chi connectivity index (χ0) is 19.1. The maximum Gasteiger partial charge on any atom is 0.235 e. The van der Waals surface area contributed by atoms with Crippen molar-refractivity contribution in [2.75, 3.05) is 25.0 Å². The summed E-state index contributed by atoms with van der Waals surface area (Å²) in [5.41, 5.74) is 0.0977. The summed E-state index contributed by atoms with van der Waals surface area (Å²) in [4.78, 5) is 27.1. The molecule has 6 nitrogen and oxygen atoms in total. The molecule has 0 spiro atoms. The van der Waals surface area contributed by atoms with Crippen molar-refractivity contribution < 1.29 is 9.59 Å². The second-order valence-corrected chi connectivity index (χ2v) is 7.73. The van der Waals surface area contributed by atoms with Crippen LogP contribution in [-0.4, -0.2) is 41.9 Å². The molecular formula is C21H28N4O2. The minimum absolute atomic E-state index is 0.00656. The first-order valence-corrected chi connectivity index (χ1v) is 9.91. The van der Waals surface area contributed by atoms with Gasteiger partial charge in [-0.05, 0) is 44.4 Å². The number of benzene rings is 1. The number of likely N-dealkylation sites (tertiary alicyclic amines) is 1. The molecule has 1 atom stereocenters. The Labute approximate surface area is 160 Å². The molecule has 2 aliphatic rings. The van der Waals surface area contributed by atoms with Crippen LogP contribution in [0.4, 0.5) is 5.69 Å². The molecule has 2 amide bonds. The van der Waals surface area contributed by atoms with Gasteiger partial charge < -0.3 is 10.6 Å². The van der Waals surface area contributed by atoms with Gasteiger partial charge in [0.2, 0.25) is 11.8 Å². The quantitative estimate of drug-likeness (QED) is 0.837. The van der Waals surface area contributed by atoms with E-state index in [1.165, 1.54) is 0 Å². The molecule has 6 heteroatoms. The van der Waals surface area contributed by atoms with Crippen LogP contribution in [-0.2, 0) is 9.59 Å². The van der Waals surface area contributed by atoms with E-state index in [9.17, 15) is 14.9 Å². The highest BCUT2D eigenvalue weighted by atomic mass is 16.2. The summed E-state index contributed by atoms with van der Waals surface area (Å²) in [6, 6.07) is 11.8. The fourth-order valence-corrected chi connectivity index (χ4v) is 4.11. The van der Waals surface area contributed by atoms with Crippen LogP contribution in [0.15, 0.2) is 30.3 Å². The molecule has 1 unspecified atom stereocenters. The number of amides is 2. The van der Waals surface area contributed by atoms with Gasteiger partial charge in [-0.3, -0.25) is 14.5 Å². The van der Waals surface area contributed by atoms with Crippen LogP contribution in [0.25, 0.3) is 0 Å². The van der Waals surface area contributed by atoms with Crippen molar-refractivity contribution in [3.63, 3.8) is 0 Å². The number of nitriles is 1. The van der Waals surface area contributed by atoms with Crippen molar-refractivity contribution in [3.8, 4) is 6.07 Å². The Morgan fingerprint density at radius 3 is 2.59 bits per heavy atom. The van der Waals surface area contributed by atoms with Gasteiger partial charge in [0.05, 0.1) is 18.5 Å². The third-order valence-electron chi connectivity index (χ3n) is 5.58. The molecule has 1 aliphatic carbocycles. The predicted molar refractivity (Wildman–Crippen MR) is 104 cm³/mol. The van der Waals surface area contributed by atoms with Crippen LogP contribution in [0.3, 0.4) is 0 Å². The van der Waals surface area contributed by atoms with E-state index in [4.69, 9.17) is 0 Å². The SMILES string of the molecule is N#CC1(NC(=O)CN2CCCC(C(=O)Nc3ccccc3)C2)CCCCC1. The molecule has 1 saturated carbocycles. The highest BCUT2D eigenvalue weighted by Crippen LogP contribution is 2.27. The molecule has 1 aromatic carbocycles. The summed E-state index contributed by atoms with van der Waals surface area (Å²) < 4.78 is 0. The minimum Gasteiger partial charge on any atom is -0.337 e. The number of anilines is 1. The highest BCUT2D eigenvalue weighted by molar-refractivity contribution is 5.92. The van der Waals surface area contributed by atoms with Gasteiger partial charge in [0, 0.05) is 12.2 Å². The molecule has 1 heterocycles. The number of hydrogen-bond donors (Lipinski definition) is 2. The van der Waals surface area contributed by atoms with Crippen LogP contribution < -0.4 is 10.6 Å². The Balaban J connectivity index is 1.51. The summed E-state index contributed by atoms with van der Waals surface area (Å²) in [5, 5.41) is 15.4. The smallest absolute Gasteiger partial charge is 0.235 e. The zero-order valence-corrected chi connectivity index (χ0v) is 15.7. The lowest BCUT2D eigenvalue weighted by Crippen LogP contribution is -2.53. The molecule has 2 fully saturated rings. The number of hydrogen-bond acceptors (Lipinski definition) is 4. The number of rotatable bonds is 5. The molecule has 3 rings (SSSR count). The predicted octanol–water partition coefficient (Wildman–Crippen LogP) is 2.68. The zero-order valence-electron chi connectivity index (χ0n) is 15.7. The Bertz CT molecular complexity index is 692. The molecule has 1 aromatic rings. The molecule has 0 aromatic heterocycles. The summed E-state index contributed by atoms with van der Waals surface area (Å²) in [5.74, 6) is -0.221. The third-order valence-corrected chi connectivity index (χ3v) is 5.58. The van der Waals surface area contributed by atoms with Crippen LogP contribution in [0, 0.1) is 17.2 Å². The van der Waals surface area contributed by atoms with Crippen molar-refractivity contribution in [2.24, 2.45) is 5.92 Å². The number of nitrogens with zero attached hydrogens (tertiary/aromatic N) is 2. The summed E-state index contributed by atoms with van der Waals surface area (Å²) in [6.07, 6.45) is 6.29. The van der Waals surface area contributed by atoms with Gasteiger partial charge >= 0.3 is 0 Å². The molecule has 2 N–H and O–H groups in total. The monoisotopic (exact) mass is 368 g/mol. The van der Waals surface area contributed by atoms with E-state index in [0.717, 1.165) is 57.2 Å². The summed E-state index contributed by atoms with van der Waals surface area (Å²) in [6.45, 7) is 1.63. The number of carbonyl (C=O) groups excluding carboxylic acids is 2. The van der Waals surface area contributed by atoms with E-state index in [1.54, 1.807) is 0 Å². The van der Waals surface area contributed by atoms with Crippen molar-refractivity contribution in [2.45, 2.75) is 50.5 Å². The normalized spacial score (nSPS) is 22.4. The Morgan fingerprint density at radius 1 is 1.15 bits per heavy atom.